The molecule has 0 saturated carbocycles. The topological polar surface area (TPSA) is 118 Å². The molecule has 0 spiro atoms. The first-order valence-corrected chi connectivity index (χ1v) is 12.6. The Balaban J connectivity index is 1.55. The summed E-state index contributed by atoms with van der Waals surface area (Å²) in [6, 6.07) is 20.3. The van der Waals surface area contributed by atoms with Crippen LogP contribution in [-0.4, -0.2) is 55.2 Å². The highest BCUT2D eigenvalue weighted by atomic mass is 16.5. The predicted octanol–water partition coefficient (Wildman–Crippen LogP) is 4.64. The molecule has 1 atom stereocenters. The van der Waals surface area contributed by atoms with E-state index >= 15 is 0 Å². The molecule has 0 unspecified atom stereocenters. The van der Waals surface area contributed by atoms with Gasteiger partial charge in [-0.05, 0) is 54.4 Å². The largest absolute Gasteiger partial charge is 0.493 e. The lowest BCUT2D eigenvalue weighted by Gasteiger charge is -2.15. The Labute approximate surface area is 233 Å². The molecule has 2 N–H and O–H groups in total. The molecular formula is C29H33N5O6. The third-order valence-electron chi connectivity index (χ3n) is 6.02. The van der Waals surface area contributed by atoms with E-state index in [1.165, 1.54) is 4.68 Å². The Morgan fingerprint density at radius 3 is 1.88 bits per heavy atom. The van der Waals surface area contributed by atoms with Gasteiger partial charge < -0.3 is 34.3 Å². The van der Waals surface area contributed by atoms with Crippen LogP contribution in [0.1, 0.15) is 22.8 Å². The number of ether oxygens (including phenoxy) is 5. The van der Waals surface area contributed by atoms with Crippen molar-refractivity contribution in [2.24, 2.45) is 0 Å². The highest BCUT2D eigenvalue weighted by Gasteiger charge is 2.23. The lowest BCUT2D eigenvalue weighted by atomic mass is 10.2. The van der Waals surface area contributed by atoms with Crippen molar-refractivity contribution in [3.05, 3.63) is 77.9 Å². The molecule has 0 aliphatic heterocycles. The Bertz CT molecular complexity index is 1430. The quantitative estimate of drug-likeness (QED) is 0.245. The SMILES string of the molecule is COc1ccc(CNc2nc(NCc3ccc(OC)c(OC)c3)n(C(=O)[C@@H](C)Oc3ccccc3)n2)cc1OC. The molecule has 3 aromatic carbocycles. The smallest absolute Gasteiger partial charge is 0.290 e. The Morgan fingerprint density at radius 2 is 1.32 bits per heavy atom. The molecule has 1 heterocycles. The maximum Gasteiger partial charge on any atom is 0.290 e. The fourth-order valence-corrected chi connectivity index (χ4v) is 3.92. The van der Waals surface area contributed by atoms with Crippen molar-refractivity contribution in [1.82, 2.24) is 14.8 Å². The highest BCUT2D eigenvalue weighted by Crippen LogP contribution is 2.29. The van der Waals surface area contributed by atoms with E-state index in [0.717, 1.165) is 11.1 Å². The van der Waals surface area contributed by atoms with Gasteiger partial charge in [-0.15, -0.1) is 5.10 Å². The minimum absolute atomic E-state index is 0.262. The number of nitrogens with one attached hydrogen (secondary N) is 2. The monoisotopic (exact) mass is 547 g/mol. The van der Waals surface area contributed by atoms with Gasteiger partial charge in [0.05, 0.1) is 28.4 Å². The molecule has 0 aliphatic rings. The molecule has 0 amide bonds. The second-order valence-corrected chi connectivity index (χ2v) is 8.67. The number of anilines is 2. The second-order valence-electron chi connectivity index (χ2n) is 8.67. The van der Waals surface area contributed by atoms with Gasteiger partial charge in [0.2, 0.25) is 11.9 Å². The number of nitrogens with zero attached hydrogens (tertiary/aromatic N) is 3. The van der Waals surface area contributed by atoms with Gasteiger partial charge in [-0.1, -0.05) is 30.3 Å². The van der Waals surface area contributed by atoms with Crippen LogP contribution in [0.4, 0.5) is 11.9 Å². The number of hydrogen-bond donors (Lipinski definition) is 2. The third kappa shape index (κ3) is 6.73. The van der Waals surface area contributed by atoms with Crippen molar-refractivity contribution in [2.45, 2.75) is 26.1 Å². The minimum atomic E-state index is -0.815. The number of methoxy groups -OCH3 is 4. The van der Waals surface area contributed by atoms with E-state index in [0.29, 0.717) is 41.8 Å². The highest BCUT2D eigenvalue weighted by molar-refractivity contribution is 5.85. The molecule has 4 aromatic rings. The lowest BCUT2D eigenvalue weighted by Crippen LogP contribution is -2.31. The van der Waals surface area contributed by atoms with Crippen LogP contribution in [-0.2, 0) is 13.1 Å². The predicted molar refractivity (Wildman–Crippen MR) is 151 cm³/mol. The summed E-state index contributed by atoms with van der Waals surface area (Å²) in [5, 5.41) is 10.8. The van der Waals surface area contributed by atoms with E-state index in [-0.39, 0.29) is 17.8 Å². The first kappa shape index (κ1) is 28.1. The second kappa shape index (κ2) is 13.2. The number of hydrogen-bond acceptors (Lipinski definition) is 10. The van der Waals surface area contributed by atoms with Crippen molar-refractivity contribution < 1.29 is 28.5 Å². The van der Waals surface area contributed by atoms with E-state index in [4.69, 9.17) is 23.7 Å². The van der Waals surface area contributed by atoms with Crippen LogP contribution in [0, 0.1) is 0 Å². The summed E-state index contributed by atoms with van der Waals surface area (Å²) in [5.41, 5.74) is 1.81. The average molecular weight is 548 g/mol. The standard InChI is InChI=1S/C29H33N5O6/c1-19(40-22-9-7-6-8-10-22)27(35)34-29(31-18-21-12-14-24(37-3)26(16-21)39-5)32-28(33-34)30-17-20-11-13-23(36-2)25(15-20)38-4/h6-16,19H,17-18H2,1-5H3,(H2,30,31,32,33)/t19-/m1/s1. The van der Waals surface area contributed by atoms with Gasteiger partial charge in [-0.25, -0.2) is 0 Å². The van der Waals surface area contributed by atoms with Crippen LogP contribution in [0.25, 0.3) is 0 Å². The van der Waals surface area contributed by atoms with Crippen LogP contribution in [0.2, 0.25) is 0 Å². The van der Waals surface area contributed by atoms with Crippen LogP contribution in [0.3, 0.4) is 0 Å². The van der Waals surface area contributed by atoms with E-state index in [9.17, 15) is 4.79 Å². The lowest BCUT2D eigenvalue weighted by molar-refractivity contribution is 0.0713. The zero-order valence-corrected chi connectivity index (χ0v) is 23.1. The summed E-state index contributed by atoms with van der Waals surface area (Å²) in [4.78, 5) is 18.0. The maximum absolute atomic E-state index is 13.4. The van der Waals surface area contributed by atoms with Crippen molar-refractivity contribution >= 4 is 17.8 Å². The van der Waals surface area contributed by atoms with Crippen LogP contribution < -0.4 is 34.3 Å². The summed E-state index contributed by atoms with van der Waals surface area (Å²) in [5.74, 6) is 3.19. The van der Waals surface area contributed by atoms with Crippen molar-refractivity contribution in [3.63, 3.8) is 0 Å². The van der Waals surface area contributed by atoms with E-state index in [1.54, 1.807) is 47.5 Å². The van der Waals surface area contributed by atoms with Gasteiger partial charge in [0.25, 0.3) is 5.91 Å². The molecule has 11 heteroatoms. The van der Waals surface area contributed by atoms with E-state index < -0.39 is 6.10 Å². The molecule has 210 valence electrons. The van der Waals surface area contributed by atoms with Crippen molar-refractivity contribution in [3.8, 4) is 28.7 Å². The molecular weight excluding hydrogens is 514 g/mol. The van der Waals surface area contributed by atoms with Gasteiger partial charge in [0.1, 0.15) is 5.75 Å². The third-order valence-corrected chi connectivity index (χ3v) is 6.02. The molecule has 0 saturated heterocycles. The molecule has 0 bridgehead atoms. The summed E-state index contributed by atoms with van der Waals surface area (Å²) in [6.07, 6.45) is -0.815. The number of carbonyl (C=O) groups is 1. The number of benzene rings is 3. The number of rotatable bonds is 13. The van der Waals surface area contributed by atoms with Crippen molar-refractivity contribution in [1.29, 1.82) is 0 Å². The molecule has 0 aliphatic carbocycles. The molecule has 4 rings (SSSR count). The summed E-state index contributed by atoms with van der Waals surface area (Å²) in [6.45, 7) is 2.42. The summed E-state index contributed by atoms with van der Waals surface area (Å²) < 4.78 is 28.5. The fourth-order valence-electron chi connectivity index (χ4n) is 3.92. The molecule has 0 fully saturated rings. The van der Waals surface area contributed by atoms with Gasteiger partial charge in [-0.2, -0.15) is 9.67 Å². The summed E-state index contributed by atoms with van der Waals surface area (Å²) >= 11 is 0. The number of carbonyl (C=O) groups excluding carboxylic acids is 1. The average Bonchev–Trinajstić information content (AvgIpc) is 3.41. The Hall–Kier alpha value is -4.93. The first-order chi connectivity index (χ1) is 19.4. The van der Waals surface area contributed by atoms with Crippen LogP contribution in [0.5, 0.6) is 28.7 Å². The summed E-state index contributed by atoms with van der Waals surface area (Å²) in [7, 11) is 6.33. The number of para-hydroxylation sites is 1. The maximum atomic E-state index is 13.4. The van der Waals surface area contributed by atoms with Crippen LogP contribution in [0.15, 0.2) is 66.7 Å². The number of aromatic nitrogens is 3. The van der Waals surface area contributed by atoms with E-state index in [2.05, 4.69) is 20.7 Å². The Kier molecular flexibility index (Phi) is 9.29. The molecule has 1 aromatic heterocycles. The van der Waals surface area contributed by atoms with Gasteiger partial charge in [0, 0.05) is 13.1 Å². The normalized spacial score (nSPS) is 11.3. The van der Waals surface area contributed by atoms with Gasteiger partial charge in [-0.3, -0.25) is 4.79 Å². The zero-order valence-electron chi connectivity index (χ0n) is 23.1. The molecule has 0 radical (unpaired) electrons. The van der Waals surface area contributed by atoms with Gasteiger partial charge in [0.15, 0.2) is 29.1 Å². The van der Waals surface area contributed by atoms with Crippen LogP contribution >= 0.6 is 0 Å². The van der Waals surface area contributed by atoms with Gasteiger partial charge >= 0.3 is 0 Å². The zero-order chi connectivity index (χ0) is 28.5. The first-order valence-electron chi connectivity index (χ1n) is 12.6. The fraction of sp³-hybridized carbons (Fsp3) is 0.276. The van der Waals surface area contributed by atoms with Crippen molar-refractivity contribution in [2.75, 3.05) is 39.1 Å². The van der Waals surface area contributed by atoms with E-state index in [1.807, 2.05) is 54.6 Å². The minimum Gasteiger partial charge on any atom is -0.493 e. The molecule has 11 nitrogen and oxygen atoms in total. The molecule has 40 heavy (non-hydrogen) atoms. The Morgan fingerprint density at radius 1 is 0.775 bits per heavy atom.